The SMILES string of the molecule is CN(C)C(=O)Nc1ccc(OC2CCN(S(=O)(=O)c3cc(F)cc(F)c3)CC2)nc1. The summed E-state index contributed by atoms with van der Waals surface area (Å²) in [4.78, 5) is 16.8. The van der Waals surface area contributed by atoms with Crippen LogP contribution in [-0.2, 0) is 10.0 Å². The van der Waals surface area contributed by atoms with Crippen molar-refractivity contribution < 1.29 is 26.7 Å². The van der Waals surface area contributed by atoms with E-state index in [1.807, 2.05) is 0 Å². The number of anilines is 1. The average molecular weight is 440 g/mol. The maximum Gasteiger partial charge on any atom is 0.321 e. The van der Waals surface area contributed by atoms with Crippen LogP contribution >= 0.6 is 0 Å². The predicted molar refractivity (Wildman–Crippen MR) is 106 cm³/mol. The molecule has 3 rings (SSSR count). The molecule has 0 radical (unpaired) electrons. The second-order valence-corrected chi connectivity index (χ2v) is 8.97. The molecule has 1 aliphatic rings. The van der Waals surface area contributed by atoms with Crippen molar-refractivity contribution in [1.82, 2.24) is 14.2 Å². The summed E-state index contributed by atoms with van der Waals surface area (Å²) in [5, 5.41) is 2.66. The van der Waals surface area contributed by atoms with E-state index >= 15 is 0 Å². The molecule has 1 N–H and O–H groups in total. The number of hydrogen-bond donors (Lipinski definition) is 1. The lowest BCUT2D eigenvalue weighted by Gasteiger charge is -2.31. The Morgan fingerprint density at radius 2 is 1.80 bits per heavy atom. The Morgan fingerprint density at radius 3 is 2.33 bits per heavy atom. The Kier molecular flexibility index (Phi) is 6.52. The third-order valence-electron chi connectivity index (χ3n) is 4.56. The highest BCUT2D eigenvalue weighted by Gasteiger charge is 2.31. The van der Waals surface area contributed by atoms with E-state index in [0.29, 0.717) is 30.5 Å². The van der Waals surface area contributed by atoms with Gasteiger partial charge in [-0.1, -0.05) is 0 Å². The summed E-state index contributed by atoms with van der Waals surface area (Å²) in [7, 11) is -0.744. The van der Waals surface area contributed by atoms with Gasteiger partial charge in [0.1, 0.15) is 17.7 Å². The number of carbonyl (C=O) groups excluding carboxylic acids is 1. The summed E-state index contributed by atoms with van der Waals surface area (Å²) in [6, 6.07) is 5.23. The Balaban J connectivity index is 1.57. The third kappa shape index (κ3) is 5.22. The van der Waals surface area contributed by atoms with Crippen LogP contribution in [0.5, 0.6) is 5.88 Å². The van der Waals surface area contributed by atoms with Crippen molar-refractivity contribution in [3.8, 4) is 5.88 Å². The van der Waals surface area contributed by atoms with Crippen LogP contribution in [0.15, 0.2) is 41.4 Å². The largest absolute Gasteiger partial charge is 0.474 e. The highest BCUT2D eigenvalue weighted by Crippen LogP contribution is 2.24. The number of carbonyl (C=O) groups is 1. The Morgan fingerprint density at radius 1 is 1.17 bits per heavy atom. The number of sulfonamides is 1. The van der Waals surface area contributed by atoms with Crippen molar-refractivity contribution in [2.45, 2.75) is 23.8 Å². The van der Waals surface area contributed by atoms with E-state index < -0.39 is 26.6 Å². The van der Waals surface area contributed by atoms with Gasteiger partial charge in [0.05, 0.1) is 16.8 Å². The number of benzene rings is 1. The molecule has 0 atom stereocenters. The van der Waals surface area contributed by atoms with Crippen LogP contribution in [0.4, 0.5) is 19.3 Å². The number of rotatable bonds is 5. The van der Waals surface area contributed by atoms with Crippen molar-refractivity contribution in [1.29, 1.82) is 0 Å². The van der Waals surface area contributed by atoms with Gasteiger partial charge in [0.2, 0.25) is 15.9 Å². The molecule has 2 heterocycles. The summed E-state index contributed by atoms with van der Waals surface area (Å²) in [5.74, 6) is -1.53. The lowest BCUT2D eigenvalue weighted by atomic mass is 10.1. The Labute approximate surface area is 173 Å². The fraction of sp³-hybridized carbons (Fsp3) is 0.368. The molecule has 0 spiro atoms. The van der Waals surface area contributed by atoms with Crippen molar-refractivity contribution >= 4 is 21.7 Å². The molecular weight excluding hydrogens is 418 g/mol. The summed E-state index contributed by atoms with van der Waals surface area (Å²) in [6.45, 7) is 0.310. The first-order chi connectivity index (χ1) is 14.1. The maximum atomic E-state index is 13.4. The van der Waals surface area contributed by atoms with Crippen molar-refractivity contribution in [3.63, 3.8) is 0 Å². The number of aromatic nitrogens is 1. The standard InChI is InChI=1S/C19H22F2N4O4S/c1-24(2)19(26)23-15-3-4-18(22-12-15)29-16-5-7-25(8-6-16)30(27,28)17-10-13(20)9-14(21)11-17/h3-4,9-12,16H,5-8H2,1-2H3,(H,23,26). The quantitative estimate of drug-likeness (QED) is 0.772. The van der Waals surface area contributed by atoms with E-state index in [9.17, 15) is 22.0 Å². The lowest BCUT2D eigenvalue weighted by molar-refractivity contribution is 0.130. The summed E-state index contributed by atoms with van der Waals surface area (Å²) in [5.41, 5.74) is 0.518. The minimum atomic E-state index is -3.99. The van der Waals surface area contributed by atoms with Crippen molar-refractivity contribution in [3.05, 3.63) is 48.2 Å². The Bertz CT molecular complexity index is 987. The molecule has 1 aromatic carbocycles. The summed E-state index contributed by atoms with van der Waals surface area (Å²) < 4.78 is 59.0. The first kappa shape index (κ1) is 21.9. The predicted octanol–water partition coefficient (Wildman–Crippen LogP) is 2.69. The number of nitrogens with one attached hydrogen (secondary N) is 1. The highest BCUT2D eigenvalue weighted by atomic mass is 32.2. The van der Waals surface area contributed by atoms with Gasteiger partial charge in [0.15, 0.2) is 0 Å². The van der Waals surface area contributed by atoms with Gasteiger partial charge in [-0.25, -0.2) is 27.0 Å². The monoisotopic (exact) mass is 440 g/mol. The average Bonchev–Trinajstić information content (AvgIpc) is 2.69. The van der Waals surface area contributed by atoms with Gasteiger partial charge < -0.3 is 15.0 Å². The van der Waals surface area contributed by atoms with Crippen LogP contribution in [0, 0.1) is 11.6 Å². The maximum absolute atomic E-state index is 13.4. The number of hydrogen-bond acceptors (Lipinski definition) is 5. The molecule has 0 unspecified atom stereocenters. The summed E-state index contributed by atoms with van der Waals surface area (Å²) >= 11 is 0. The molecule has 1 fully saturated rings. The van der Waals surface area contributed by atoms with Crippen LogP contribution < -0.4 is 10.1 Å². The molecule has 11 heteroatoms. The van der Waals surface area contributed by atoms with Gasteiger partial charge in [0.25, 0.3) is 0 Å². The zero-order chi connectivity index (χ0) is 21.9. The number of amides is 2. The van der Waals surface area contributed by atoms with Gasteiger partial charge in [0, 0.05) is 39.3 Å². The minimum Gasteiger partial charge on any atom is -0.474 e. The zero-order valence-electron chi connectivity index (χ0n) is 16.5. The number of nitrogens with zero attached hydrogens (tertiary/aromatic N) is 3. The normalized spacial score (nSPS) is 15.6. The van der Waals surface area contributed by atoms with E-state index in [-0.39, 0.29) is 25.2 Å². The van der Waals surface area contributed by atoms with E-state index in [2.05, 4.69) is 10.3 Å². The molecule has 30 heavy (non-hydrogen) atoms. The molecule has 1 aromatic heterocycles. The second kappa shape index (κ2) is 8.92. The summed E-state index contributed by atoms with van der Waals surface area (Å²) in [6.07, 6.45) is 2.01. The van der Waals surface area contributed by atoms with Gasteiger partial charge in [-0.15, -0.1) is 0 Å². The molecular formula is C19H22F2N4O4S. The van der Waals surface area contributed by atoms with Gasteiger partial charge in [-0.3, -0.25) is 0 Å². The van der Waals surface area contributed by atoms with E-state index in [4.69, 9.17) is 4.74 Å². The Hall–Kier alpha value is -2.79. The van der Waals surface area contributed by atoms with Crippen molar-refractivity contribution in [2.24, 2.45) is 0 Å². The fourth-order valence-electron chi connectivity index (χ4n) is 2.95. The van der Waals surface area contributed by atoms with E-state index in [1.54, 1.807) is 26.2 Å². The molecule has 1 aliphatic heterocycles. The number of urea groups is 1. The second-order valence-electron chi connectivity index (χ2n) is 7.04. The number of pyridine rings is 1. The topological polar surface area (TPSA) is 91.8 Å². The number of halogens is 2. The minimum absolute atomic E-state index is 0.155. The van der Waals surface area contributed by atoms with Gasteiger partial charge >= 0.3 is 6.03 Å². The van der Waals surface area contributed by atoms with Gasteiger partial charge in [-0.2, -0.15) is 4.31 Å². The molecule has 162 valence electrons. The highest BCUT2D eigenvalue weighted by molar-refractivity contribution is 7.89. The molecule has 0 aliphatic carbocycles. The van der Waals surface area contributed by atoms with Crippen LogP contribution in [0.2, 0.25) is 0 Å². The number of piperidine rings is 1. The molecule has 1 saturated heterocycles. The van der Waals surface area contributed by atoms with Crippen LogP contribution in [0.25, 0.3) is 0 Å². The smallest absolute Gasteiger partial charge is 0.321 e. The van der Waals surface area contributed by atoms with Crippen LogP contribution in [-0.4, -0.2) is 61.9 Å². The molecule has 2 amide bonds. The molecule has 0 saturated carbocycles. The first-order valence-corrected chi connectivity index (χ1v) is 10.7. The molecule has 0 bridgehead atoms. The third-order valence-corrected chi connectivity index (χ3v) is 6.43. The lowest BCUT2D eigenvalue weighted by Crippen LogP contribution is -2.41. The molecule has 8 nitrogen and oxygen atoms in total. The van der Waals surface area contributed by atoms with Crippen LogP contribution in [0.3, 0.4) is 0 Å². The molecule has 2 aromatic rings. The number of ether oxygens (including phenoxy) is 1. The zero-order valence-corrected chi connectivity index (χ0v) is 17.3. The first-order valence-electron chi connectivity index (χ1n) is 9.22. The van der Waals surface area contributed by atoms with Gasteiger partial charge in [-0.05, 0) is 31.0 Å². The van der Waals surface area contributed by atoms with Crippen LogP contribution in [0.1, 0.15) is 12.8 Å². The fourth-order valence-corrected chi connectivity index (χ4v) is 4.46. The van der Waals surface area contributed by atoms with E-state index in [1.165, 1.54) is 15.4 Å². The van der Waals surface area contributed by atoms with E-state index in [0.717, 1.165) is 12.1 Å². The van der Waals surface area contributed by atoms with Crippen molar-refractivity contribution in [2.75, 3.05) is 32.5 Å².